The minimum atomic E-state index is -0.677. The van der Waals surface area contributed by atoms with E-state index in [0.29, 0.717) is 17.3 Å². The zero-order valence-corrected chi connectivity index (χ0v) is 10.6. The summed E-state index contributed by atoms with van der Waals surface area (Å²) < 4.78 is 0. The van der Waals surface area contributed by atoms with Crippen molar-refractivity contribution < 1.29 is 9.59 Å². The van der Waals surface area contributed by atoms with E-state index in [4.69, 9.17) is 11.6 Å². The number of carbonyl (C=O) groups is 2. The van der Waals surface area contributed by atoms with E-state index in [1.54, 1.807) is 18.2 Å². The lowest BCUT2D eigenvalue weighted by molar-refractivity contribution is -0.136. The molecule has 0 fully saturated rings. The first-order valence-corrected chi connectivity index (χ1v) is 5.77. The first-order chi connectivity index (χ1) is 8.04. The van der Waals surface area contributed by atoms with Crippen LogP contribution in [0.3, 0.4) is 0 Å². The third-order valence-electron chi connectivity index (χ3n) is 2.19. The molecule has 0 radical (unpaired) electrons. The van der Waals surface area contributed by atoms with Gasteiger partial charge in [0.05, 0.1) is 0 Å². The number of carbonyl (C=O) groups excluding carboxylic acids is 2. The Bertz CT molecular complexity index is 433. The lowest BCUT2D eigenvalue weighted by Gasteiger charge is -2.08. The smallest absolute Gasteiger partial charge is 0.313 e. The van der Waals surface area contributed by atoms with E-state index >= 15 is 0 Å². The van der Waals surface area contributed by atoms with Crippen molar-refractivity contribution in [1.29, 1.82) is 0 Å². The maximum atomic E-state index is 11.5. The van der Waals surface area contributed by atoms with Crippen LogP contribution in [0.1, 0.15) is 18.9 Å². The van der Waals surface area contributed by atoms with Crippen LogP contribution in [0.5, 0.6) is 0 Å². The molecule has 0 bridgehead atoms. The van der Waals surface area contributed by atoms with Gasteiger partial charge in [0, 0.05) is 17.3 Å². The van der Waals surface area contributed by atoms with E-state index in [-0.39, 0.29) is 0 Å². The van der Waals surface area contributed by atoms with Crippen molar-refractivity contribution in [3.8, 4) is 0 Å². The van der Waals surface area contributed by atoms with Crippen LogP contribution in [-0.4, -0.2) is 18.4 Å². The molecule has 1 aromatic carbocycles. The number of amides is 2. The molecule has 92 valence electrons. The van der Waals surface area contributed by atoms with Crippen LogP contribution in [-0.2, 0) is 9.59 Å². The van der Waals surface area contributed by atoms with Gasteiger partial charge in [-0.3, -0.25) is 9.59 Å². The third kappa shape index (κ3) is 4.07. The fourth-order valence-corrected chi connectivity index (χ4v) is 1.40. The normalized spacial score (nSPS) is 9.82. The van der Waals surface area contributed by atoms with Crippen molar-refractivity contribution in [2.24, 2.45) is 0 Å². The van der Waals surface area contributed by atoms with Crippen molar-refractivity contribution in [2.45, 2.75) is 20.3 Å². The van der Waals surface area contributed by atoms with Crippen LogP contribution >= 0.6 is 11.6 Å². The predicted octanol–water partition coefficient (Wildman–Crippen LogP) is 2.11. The summed E-state index contributed by atoms with van der Waals surface area (Å²) in [5.41, 5.74) is 1.40. The number of anilines is 1. The van der Waals surface area contributed by atoms with Crippen LogP contribution in [0.2, 0.25) is 5.02 Å². The van der Waals surface area contributed by atoms with Gasteiger partial charge in [-0.1, -0.05) is 24.6 Å². The van der Waals surface area contributed by atoms with Gasteiger partial charge in [-0.2, -0.15) is 0 Å². The Labute approximate surface area is 105 Å². The predicted molar refractivity (Wildman–Crippen MR) is 68.1 cm³/mol. The molecule has 5 heteroatoms. The molecule has 2 amide bonds. The number of rotatable bonds is 3. The maximum Gasteiger partial charge on any atom is 0.313 e. The standard InChI is InChI=1S/C12H15ClN2O2/c1-3-6-14-11(16)12(17)15-10-7-9(13)5-4-8(10)2/h4-5,7H,3,6H2,1-2H3,(H,14,16)(H,15,17). The Kier molecular flexibility index (Phi) is 4.97. The minimum Gasteiger partial charge on any atom is -0.348 e. The third-order valence-corrected chi connectivity index (χ3v) is 2.42. The lowest BCUT2D eigenvalue weighted by Crippen LogP contribution is -2.35. The van der Waals surface area contributed by atoms with E-state index in [0.717, 1.165) is 12.0 Å². The minimum absolute atomic E-state index is 0.487. The lowest BCUT2D eigenvalue weighted by atomic mass is 10.2. The van der Waals surface area contributed by atoms with E-state index in [1.165, 1.54) is 0 Å². The molecule has 0 aromatic heterocycles. The van der Waals surface area contributed by atoms with E-state index in [9.17, 15) is 9.59 Å². The highest BCUT2D eigenvalue weighted by Gasteiger charge is 2.13. The Morgan fingerprint density at radius 3 is 2.65 bits per heavy atom. The average molecular weight is 255 g/mol. The molecular weight excluding hydrogens is 240 g/mol. The van der Waals surface area contributed by atoms with Gasteiger partial charge in [-0.15, -0.1) is 0 Å². The van der Waals surface area contributed by atoms with Crippen LogP contribution in [0.4, 0.5) is 5.69 Å². The molecule has 1 rings (SSSR count). The van der Waals surface area contributed by atoms with Crippen LogP contribution < -0.4 is 10.6 Å². The molecule has 0 spiro atoms. The molecule has 0 unspecified atom stereocenters. The van der Waals surface area contributed by atoms with Crippen molar-refractivity contribution >= 4 is 29.1 Å². The molecule has 0 saturated carbocycles. The highest BCUT2D eigenvalue weighted by atomic mass is 35.5. The molecule has 0 heterocycles. The second-order valence-electron chi connectivity index (χ2n) is 3.67. The number of halogens is 1. The second-order valence-corrected chi connectivity index (χ2v) is 4.11. The van der Waals surface area contributed by atoms with Crippen molar-refractivity contribution in [3.63, 3.8) is 0 Å². The average Bonchev–Trinajstić information content (AvgIpc) is 2.30. The summed E-state index contributed by atoms with van der Waals surface area (Å²) >= 11 is 5.81. The Hall–Kier alpha value is -1.55. The number of hydrogen-bond donors (Lipinski definition) is 2. The van der Waals surface area contributed by atoms with Gasteiger partial charge in [-0.05, 0) is 31.0 Å². The highest BCUT2D eigenvalue weighted by Crippen LogP contribution is 2.19. The van der Waals surface area contributed by atoms with Crippen LogP contribution in [0.15, 0.2) is 18.2 Å². The summed E-state index contributed by atoms with van der Waals surface area (Å²) in [6.45, 7) is 4.23. The van der Waals surface area contributed by atoms with Gasteiger partial charge in [-0.25, -0.2) is 0 Å². The summed E-state index contributed by atoms with van der Waals surface area (Å²) in [5.74, 6) is -1.31. The van der Waals surface area contributed by atoms with Crippen LogP contribution in [0, 0.1) is 6.92 Å². The monoisotopic (exact) mass is 254 g/mol. The zero-order valence-electron chi connectivity index (χ0n) is 9.84. The number of hydrogen-bond acceptors (Lipinski definition) is 2. The van der Waals surface area contributed by atoms with E-state index in [2.05, 4.69) is 10.6 Å². The number of nitrogens with one attached hydrogen (secondary N) is 2. The first kappa shape index (κ1) is 13.5. The Morgan fingerprint density at radius 1 is 1.29 bits per heavy atom. The fourth-order valence-electron chi connectivity index (χ4n) is 1.23. The van der Waals surface area contributed by atoms with Gasteiger partial charge >= 0.3 is 11.8 Å². The molecule has 2 N–H and O–H groups in total. The summed E-state index contributed by atoms with van der Waals surface area (Å²) in [6, 6.07) is 5.12. The molecule has 17 heavy (non-hydrogen) atoms. The van der Waals surface area contributed by atoms with Crippen molar-refractivity contribution in [3.05, 3.63) is 28.8 Å². The molecule has 0 saturated heterocycles. The quantitative estimate of drug-likeness (QED) is 0.812. The summed E-state index contributed by atoms with van der Waals surface area (Å²) in [7, 11) is 0. The van der Waals surface area contributed by atoms with Gasteiger partial charge in [0.15, 0.2) is 0 Å². The molecule has 4 nitrogen and oxygen atoms in total. The molecule has 1 aromatic rings. The topological polar surface area (TPSA) is 58.2 Å². The Balaban J connectivity index is 2.67. The van der Waals surface area contributed by atoms with Crippen molar-refractivity contribution in [1.82, 2.24) is 5.32 Å². The van der Waals surface area contributed by atoms with Crippen LogP contribution in [0.25, 0.3) is 0 Å². The largest absolute Gasteiger partial charge is 0.348 e. The van der Waals surface area contributed by atoms with Gasteiger partial charge in [0.2, 0.25) is 0 Å². The molecule has 0 aliphatic rings. The van der Waals surface area contributed by atoms with Gasteiger partial charge < -0.3 is 10.6 Å². The first-order valence-electron chi connectivity index (χ1n) is 5.40. The zero-order chi connectivity index (χ0) is 12.8. The summed E-state index contributed by atoms with van der Waals surface area (Å²) in [6.07, 6.45) is 0.787. The summed E-state index contributed by atoms with van der Waals surface area (Å²) in [4.78, 5) is 22.9. The van der Waals surface area contributed by atoms with Gasteiger partial charge in [0.1, 0.15) is 0 Å². The second kappa shape index (κ2) is 6.25. The molecular formula is C12H15ClN2O2. The highest BCUT2D eigenvalue weighted by molar-refractivity contribution is 6.40. The maximum absolute atomic E-state index is 11.5. The number of aryl methyl sites for hydroxylation is 1. The van der Waals surface area contributed by atoms with Gasteiger partial charge in [0.25, 0.3) is 0 Å². The number of benzene rings is 1. The molecule has 0 atom stereocenters. The van der Waals surface area contributed by atoms with E-state index < -0.39 is 11.8 Å². The fraction of sp³-hybridized carbons (Fsp3) is 0.333. The Morgan fingerprint density at radius 2 is 2.00 bits per heavy atom. The molecule has 0 aliphatic heterocycles. The van der Waals surface area contributed by atoms with E-state index in [1.807, 2.05) is 13.8 Å². The summed E-state index contributed by atoms with van der Waals surface area (Å²) in [5, 5.41) is 5.54. The SMILES string of the molecule is CCCNC(=O)C(=O)Nc1cc(Cl)ccc1C. The van der Waals surface area contributed by atoms with Crippen molar-refractivity contribution in [2.75, 3.05) is 11.9 Å². The molecule has 0 aliphatic carbocycles.